The first-order chi connectivity index (χ1) is 5.56. The maximum absolute atomic E-state index is 10.1. The summed E-state index contributed by atoms with van der Waals surface area (Å²) >= 11 is 0. The van der Waals surface area contributed by atoms with Gasteiger partial charge in [-0.3, -0.25) is 10.1 Å². The molecule has 0 radical (unpaired) electrons. The van der Waals surface area contributed by atoms with Crippen LogP contribution in [-0.2, 0) is 9.59 Å². The Hall–Kier alpha value is -1.85. The smallest absolute Gasteiger partial charge is 0.327 e. The van der Waals surface area contributed by atoms with Crippen LogP contribution in [0.25, 0.3) is 0 Å². The number of carbonyl (C=O) groups excluding carboxylic acids is 2. The fourth-order valence-electron chi connectivity index (χ4n) is 0.376. The Bertz CT molecular complexity index is 210. The number of carboxylic acids is 1. The molecule has 1 heterocycles. The number of nitrogens with one attached hydrogen (secondary N) is 2. The van der Waals surface area contributed by atoms with Gasteiger partial charge in [-0.1, -0.05) is 6.58 Å². The van der Waals surface area contributed by atoms with E-state index in [1.807, 2.05) is 5.32 Å². The third-order valence-corrected chi connectivity index (χ3v) is 0.837. The molecule has 66 valence electrons. The molecule has 0 aromatic carbocycles. The Morgan fingerprint density at radius 1 is 1.58 bits per heavy atom. The van der Waals surface area contributed by atoms with Gasteiger partial charge in [-0.05, 0) is 0 Å². The van der Waals surface area contributed by atoms with E-state index in [0.29, 0.717) is 0 Å². The Morgan fingerprint density at radius 3 is 2.17 bits per heavy atom. The van der Waals surface area contributed by atoms with E-state index in [1.54, 1.807) is 0 Å². The molecule has 3 N–H and O–H groups in total. The molecule has 0 spiro atoms. The summed E-state index contributed by atoms with van der Waals surface area (Å²) in [6.45, 7) is 3.08. The van der Waals surface area contributed by atoms with Crippen molar-refractivity contribution in [2.24, 2.45) is 0 Å². The largest absolute Gasteiger partial charge is 0.478 e. The van der Waals surface area contributed by atoms with Gasteiger partial charge in [0.1, 0.15) is 0 Å². The van der Waals surface area contributed by atoms with Gasteiger partial charge in [-0.2, -0.15) is 0 Å². The highest BCUT2D eigenvalue weighted by Crippen LogP contribution is 1.73. The summed E-state index contributed by atoms with van der Waals surface area (Å²) in [6, 6.07) is -0.398. The molecule has 6 heteroatoms. The third kappa shape index (κ3) is 4.98. The molecule has 1 fully saturated rings. The molecular formula is C6H8N2O4. The van der Waals surface area contributed by atoms with Gasteiger partial charge in [-0.15, -0.1) is 0 Å². The number of hydrogen-bond donors (Lipinski definition) is 3. The van der Waals surface area contributed by atoms with Gasteiger partial charge in [0.15, 0.2) is 0 Å². The lowest BCUT2D eigenvalue weighted by Gasteiger charge is -1.78. The maximum atomic E-state index is 10.1. The Labute approximate surface area is 68.3 Å². The molecule has 3 amide bonds. The number of amides is 3. The van der Waals surface area contributed by atoms with Crippen molar-refractivity contribution in [3.63, 3.8) is 0 Å². The van der Waals surface area contributed by atoms with E-state index in [9.17, 15) is 14.4 Å². The van der Waals surface area contributed by atoms with Crippen LogP contribution in [0.5, 0.6) is 0 Å². The normalized spacial score (nSPS) is 13.7. The molecule has 0 aromatic rings. The van der Waals surface area contributed by atoms with E-state index in [1.165, 1.54) is 0 Å². The first-order valence-corrected chi connectivity index (χ1v) is 2.99. The number of hydrogen-bond acceptors (Lipinski definition) is 3. The predicted octanol–water partition coefficient (Wildman–Crippen LogP) is -0.917. The molecule has 12 heavy (non-hydrogen) atoms. The number of aliphatic carboxylic acids is 1. The molecule has 0 saturated carbocycles. The van der Waals surface area contributed by atoms with Gasteiger partial charge in [0, 0.05) is 6.08 Å². The molecule has 1 aliphatic heterocycles. The molecule has 0 aromatic heterocycles. The molecular weight excluding hydrogens is 164 g/mol. The average Bonchev–Trinajstić information content (AvgIpc) is 2.36. The lowest BCUT2D eigenvalue weighted by Crippen LogP contribution is -2.22. The van der Waals surface area contributed by atoms with Crippen molar-refractivity contribution in [2.75, 3.05) is 6.54 Å². The van der Waals surface area contributed by atoms with Crippen LogP contribution in [0, 0.1) is 0 Å². The summed E-state index contributed by atoms with van der Waals surface area (Å²) in [6.07, 6.45) is 0.833. The van der Waals surface area contributed by atoms with Crippen molar-refractivity contribution < 1.29 is 19.5 Å². The van der Waals surface area contributed by atoms with E-state index in [4.69, 9.17) is 5.11 Å². The van der Waals surface area contributed by atoms with Gasteiger partial charge in [0.25, 0.3) is 0 Å². The van der Waals surface area contributed by atoms with E-state index in [-0.39, 0.29) is 12.5 Å². The van der Waals surface area contributed by atoms with E-state index >= 15 is 0 Å². The van der Waals surface area contributed by atoms with Crippen LogP contribution in [0.1, 0.15) is 0 Å². The average molecular weight is 172 g/mol. The first kappa shape index (κ1) is 10.2. The standard InChI is InChI=1S/C3H4N2O2.C3H4O2/c6-2-1-4-3(7)5-2;1-2-3(4)5/h1H2,(H2,4,5,6,7);2H,1H2,(H,4,5). The van der Waals surface area contributed by atoms with Crippen molar-refractivity contribution in [2.45, 2.75) is 0 Å². The Balaban J connectivity index is 0.000000217. The first-order valence-electron chi connectivity index (χ1n) is 2.99. The maximum Gasteiger partial charge on any atom is 0.327 e. The quantitative estimate of drug-likeness (QED) is 0.352. The summed E-state index contributed by atoms with van der Waals surface area (Å²) < 4.78 is 0. The minimum atomic E-state index is -0.981. The highest BCUT2D eigenvalue weighted by Gasteiger charge is 2.14. The van der Waals surface area contributed by atoms with Crippen LogP contribution >= 0.6 is 0 Å². The number of imide groups is 1. The SMILES string of the molecule is C=CC(=O)O.O=C1CNC(=O)N1. The van der Waals surface area contributed by atoms with Crippen molar-refractivity contribution >= 4 is 17.9 Å². The summed E-state index contributed by atoms with van der Waals surface area (Å²) in [5.41, 5.74) is 0. The third-order valence-electron chi connectivity index (χ3n) is 0.837. The van der Waals surface area contributed by atoms with Crippen LogP contribution in [0.3, 0.4) is 0 Å². The monoisotopic (exact) mass is 172 g/mol. The van der Waals surface area contributed by atoms with Gasteiger partial charge in [-0.25, -0.2) is 9.59 Å². The minimum absolute atomic E-state index is 0.124. The fraction of sp³-hybridized carbons (Fsp3) is 0.167. The van der Waals surface area contributed by atoms with Crippen molar-refractivity contribution in [1.29, 1.82) is 0 Å². The van der Waals surface area contributed by atoms with Gasteiger partial charge >= 0.3 is 12.0 Å². The number of rotatable bonds is 1. The van der Waals surface area contributed by atoms with E-state index in [2.05, 4.69) is 11.9 Å². The highest BCUT2D eigenvalue weighted by molar-refractivity contribution is 6.01. The van der Waals surface area contributed by atoms with Crippen LogP contribution in [0.4, 0.5) is 4.79 Å². The zero-order valence-electron chi connectivity index (χ0n) is 6.16. The summed E-state index contributed by atoms with van der Waals surface area (Å²) in [4.78, 5) is 29.3. The topological polar surface area (TPSA) is 95.5 Å². The molecule has 1 aliphatic rings. The van der Waals surface area contributed by atoms with E-state index < -0.39 is 12.0 Å². The molecule has 0 bridgehead atoms. The summed E-state index contributed by atoms with van der Waals surface area (Å²) in [7, 11) is 0. The number of urea groups is 1. The zero-order valence-corrected chi connectivity index (χ0v) is 6.16. The van der Waals surface area contributed by atoms with Crippen LogP contribution < -0.4 is 10.6 Å². The second kappa shape index (κ2) is 4.89. The highest BCUT2D eigenvalue weighted by atomic mass is 16.4. The lowest BCUT2D eigenvalue weighted by atomic mass is 10.7. The minimum Gasteiger partial charge on any atom is -0.478 e. The Morgan fingerprint density at radius 2 is 2.08 bits per heavy atom. The van der Waals surface area contributed by atoms with Crippen LogP contribution in [0.2, 0.25) is 0 Å². The lowest BCUT2D eigenvalue weighted by molar-refractivity contribution is -0.131. The molecule has 1 rings (SSSR count). The van der Waals surface area contributed by atoms with Gasteiger partial charge < -0.3 is 10.4 Å². The molecule has 0 unspecified atom stereocenters. The second-order valence-corrected chi connectivity index (χ2v) is 1.77. The van der Waals surface area contributed by atoms with E-state index in [0.717, 1.165) is 6.08 Å². The van der Waals surface area contributed by atoms with Crippen LogP contribution in [0.15, 0.2) is 12.7 Å². The zero-order chi connectivity index (χ0) is 9.56. The van der Waals surface area contributed by atoms with Crippen molar-refractivity contribution in [3.05, 3.63) is 12.7 Å². The van der Waals surface area contributed by atoms with Gasteiger partial charge in [0.05, 0.1) is 6.54 Å². The van der Waals surface area contributed by atoms with Crippen molar-refractivity contribution in [3.8, 4) is 0 Å². The number of carboxylic acid groups (broad SMARTS) is 1. The van der Waals surface area contributed by atoms with Gasteiger partial charge in [0.2, 0.25) is 5.91 Å². The van der Waals surface area contributed by atoms with Crippen LogP contribution in [-0.4, -0.2) is 29.6 Å². The fourth-order valence-corrected chi connectivity index (χ4v) is 0.376. The Kier molecular flexibility index (Phi) is 4.13. The molecule has 1 saturated heterocycles. The van der Waals surface area contributed by atoms with Crippen molar-refractivity contribution in [1.82, 2.24) is 10.6 Å². The molecule has 6 nitrogen and oxygen atoms in total. The predicted molar refractivity (Wildman–Crippen MR) is 39.4 cm³/mol. The summed E-state index contributed by atoms with van der Waals surface area (Å²) in [5, 5.41) is 11.9. The molecule has 0 atom stereocenters. The number of carbonyl (C=O) groups is 3. The second-order valence-electron chi connectivity index (χ2n) is 1.77. The molecule has 0 aliphatic carbocycles. The summed E-state index contributed by atoms with van der Waals surface area (Å²) in [5.74, 6) is -1.24.